The minimum atomic E-state index is -0.106. The Balaban J connectivity index is 1.81. The molecule has 0 saturated carbocycles. The van der Waals surface area contributed by atoms with E-state index in [4.69, 9.17) is 9.47 Å². The Labute approximate surface area is 129 Å². The molecule has 0 radical (unpaired) electrons. The summed E-state index contributed by atoms with van der Waals surface area (Å²) in [5.74, 6) is 0.647. The monoisotopic (exact) mass is 300 g/mol. The van der Waals surface area contributed by atoms with Gasteiger partial charge in [0.25, 0.3) is 5.91 Å². The lowest BCUT2D eigenvalue weighted by atomic mass is 10.1. The molecule has 1 unspecified atom stereocenters. The second kappa shape index (κ2) is 6.32. The van der Waals surface area contributed by atoms with Gasteiger partial charge < -0.3 is 14.8 Å². The Kier molecular flexibility index (Phi) is 4.24. The fraction of sp³-hybridized carbons (Fsp3) is 0.412. The lowest BCUT2D eigenvalue weighted by Gasteiger charge is -2.12. The summed E-state index contributed by atoms with van der Waals surface area (Å²) in [4.78, 5) is 16.9. The van der Waals surface area contributed by atoms with Gasteiger partial charge >= 0.3 is 0 Å². The molecule has 1 aliphatic heterocycles. The zero-order chi connectivity index (χ0) is 15.5. The number of carbonyl (C=O) groups is 1. The fourth-order valence-electron chi connectivity index (χ4n) is 2.71. The SMILES string of the molecule is COc1ccc2nc(C)c(C(=O)NCC3CCCO3)cc2c1. The van der Waals surface area contributed by atoms with Gasteiger partial charge in [0.05, 0.1) is 30.0 Å². The number of fused-ring (bicyclic) bond motifs is 1. The summed E-state index contributed by atoms with van der Waals surface area (Å²) in [5, 5.41) is 3.84. The van der Waals surface area contributed by atoms with Crippen molar-refractivity contribution in [2.45, 2.75) is 25.9 Å². The molecule has 1 saturated heterocycles. The minimum absolute atomic E-state index is 0.106. The van der Waals surface area contributed by atoms with E-state index in [9.17, 15) is 4.79 Å². The molecule has 2 aromatic rings. The molecule has 5 heteroatoms. The predicted molar refractivity (Wildman–Crippen MR) is 84.3 cm³/mol. The highest BCUT2D eigenvalue weighted by Gasteiger charge is 2.18. The summed E-state index contributed by atoms with van der Waals surface area (Å²) in [6.45, 7) is 3.19. The van der Waals surface area contributed by atoms with Crippen molar-refractivity contribution < 1.29 is 14.3 Å². The van der Waals surface area contributed by atoms with Crippen molar-refractivity contribution in [3.8, 4) is 5.75 Å². The van der Waals surface area contributed by atoms with Gasteiger partial charge in [-0.2, -0.15) is 0 Å². The first-order valence-corrected chi connectivity index (χ1v) is 7.52. The fourth-order valence-corrected chi connectivity index (χ4v) is 2.71. The Morgan fingerprint density at radius 1 is 1.45 bits per heavy atom. The van der Waals surface area contributed by atoms with E-state index in [0.29, 0.717) is 12.1 Å². The highest BCUT2D eigenvalue weighted by molar-refractivity contribution is 5.98. The largest absolute Gasteiger partial charge is 0.497 e. The molecular weight excluding hydrogens is 280 g/mol. The van der Waals surface area contributed by atoms with Crippen molar-refractivity contribution in [2.24, 2.45) is 0 Å². The first-order valence-electron chi connectivity index (χ1n) is 7.52. The molecule has 1 aromatic carbocycles. The smallest absolute Gasteiger partial charge is 0.253 e. The van der Waals surface area contributed by atoms with Gasteiger partial charge in [0.2, 0.25) is 0 Å². The molecule has 1 N–H and O–H groups in total. The lowest BCUT2D eigenvalue weighted by molar-refractivity contribution is 0.0857. The topological polar surface area (TPSA) is 60.5 Å². The Morgan fingerprint density at radius 2 is 2.32 bits per heavy atom. The van der Waals surface area contributed by atoms with E-state index in [1.54, 1.807) is 7.11 Å². The molecule has 1 amide bonds. The number of amides is 1. The molecule has 22 heavy (non-hydrogen) atoms. The number of methoxy groups -OCH3 is 1. The van der Waals surface area contributed by atoms with Crippen molar-refractivity contribution in [3.63, 3.8) is 0 Å². The number of nitrogens with zero attached hydrogens (tertiary/aromatic N) is 1. The van der Waals surface area contributed by atoms with Crippen LogP contribution in [0.25, 0.3) is 10.9 Å². The van der Waals surface area contributed by atoms with E-state index in [2.05, 4.69) is 10.3 Å². The Morgan fingerprint density at radius 3 is 3.05 bits per heavy atom. The van der Waals surface area contributed by atoms with Gasteiger partial charge in [0.15, 0.2) is 0 Å². The van der Waals surface area contributed by atoms with E-state index >= 15 is 0 Å². The van der Waals surface area contributed by atoms with Gasteiger partial charge in [-0.15, -0.1) is 0 Å². The van der Waals surface area contributed by atoms with Crippen molar-refractivity contribution in [1.82, 2.24) is 10.3 Å². The van der Waals surface area contributed by atoms with Crippen molar-refractivity contribution in [2.75, 3.05) is 20.3 Å². The third-order valence-corrected chi connectivity index (χ3v) is 3.97. The number of rotatable bonds is 4. The number of carbonyl (C=O) groups excluding carboxylic acids is 1. The van der Waals surface area contributed by atoms with Gasteiger partial charge in [0.1, 0.15) is 5.75 Å². The van der Waals surface area contributed by atoms with Crippen LogP contribution in [0, 0.1) is 6.92 Å². The van der Waals surface area contributed by atoms with Gasteiger partial charge in [-0.25, -0.2) is 0 Å². The summed E-state index contributed by atoms with van der Waals surface area (Å²) < 4.78 is 10.7. The van der Waals surface area contributed by atoms with E-state index in [0.717, 1.165) is 41.8 Å². The molecule has 0 aliphatic carbocycles. The van der Waals surface area contributed by atoms with Crippen LogP contribution in [0.2, 0.25) is 0 Å². The van der Waals surface area contributed by atoms with Crippen LogP contribution >= 0.6 is 0 Å². The maximum atomic E-state index is 12.4. The third kappa shape index (κ3) is 3.04. The molecule has 5 nitrogen and oxygen atoms in total. The number of hydrogen-bond donors (Lipinski definition) is 1. The first-order chi connectivity index (χ1) is 10.7. The molecule has 1 fully saturated rings. The van der Waals surface area contributed by atoms with Crippen LogP contribution in [-0.4, -0.2) is 37.3 Å². The molecule has 1 aliphatic rings. The van der Waals surface area contributed by atoms with Crippen LogP contribution in [-0.2, 0) is 4.74 Å². The van der Waals surface area contributed by atoms with E-state index < -0.39 is 0 Å². The normalized spacial score (nSPS) is 17.6. The Hall–Kier alpha value is -2.14. The lowest BCUT2D eigenvalue weighted by Crippen LogP contribution is -2.32. The summed E-state index contributed by atoms with van der Waals surface area (Å²) in [6, 6.07) is 7.52. The van der Waals surface area contributed by atoms with Gasteiger partial charge in [0, 0.05) is 18.5 Å². The van der Waals surface area contributed by atoms with Crippen molar-refractivity contribution >= 4 is 16.8 Å². The number of nitrogens with one attached hydrogen (secondary N) is 1. The highest BCUT2D eigenvalue weighted by atomic mass is 16.5. The third-order valence-electron chi connectivity index (χ3n) is 3.97. The molecule has 0 spiro atoms. The highest BCUT2D eigenvalue weighted by Crippen LogP contribution is 2.22. The molecule has 3 rings (SSSR count). The summed E-state index contributed by atoms with van der Waals surface area (Å²) >= 11 is 0. The predicted octanol–water partition coefficient (Wildman–Crippen LogP) is 2.46. The van der Waals surface area contributed by atoms with Crippen LogP contribution in [0.5, 0.6) is 5.75 Å². The van der Waals surface area contributed by atoms with Crippen molar-refractivity contribution in [3.05, 3.63) is 35.5 Å². The average Bonchev–Trinajstić information content (AvgIpc) is 3.05. The number of aryl methyl sites for hydroxylation is 1. The second-order valence-corrected chi connectivity index (χ2v) is 5.53. The maximum Gasteiger partial charge on any atom is 0.253 e. The maximum absolute atomic E-state index is 12.4. The number of hydrogen-bond acceptors (Lipinski definition) is 4. The second-order valence-electron chi connectivity index (χ2n) is 5.53. The van der Waals surface area contributed by atoms with Gasteiger partial charge in [-0.05, 0) is 44.0 Å². The molecule has 2 heterocycles. The molecule has 1 aromatic heterocycles. The van der Waals surface area contributed by atoms with Crippen LogP contribution < -0.4 is 10.1 Å². The average molecular weight is 300 g/mol. The van der Waals surface area contributed by atoms with Gasteiger partial charge in [-0.3, -0.25) is 9.78 Å². The number of ether oxygens (including phenoxy) is 2. The minimum Gasteiger partial charge on any atom is -0.497 e. The van der Waals surface area contributed by atoms with Crippen LogP contribution in [0.1, 0.15) is 28.9 Å². The molecular formula is C17H20N2O3. The zero-order valence-corrected chi connectivity index (χ0v) is 12.9. The van der Waals surface area contributed by atoms with Gasteiger partial charge in [-0.1, -0.05) is 0 Å². The summed E-state index contributed by atoms with van der Waals surface area (Å²) in [6.07, 6.45) is 2.21. The summed E-state index contributed by atoms with van der Waals surface area (Å²) in [5.41, 5.74) is 2.18. The van der Waals surface area contributed by atoms with E-state index in [1.807, 2.05) is 31.2 Å². The number of benzene rings is 1. The standard InChI is InChI=1S/C17H20N2O3/c1-11-15(17(20)18-10-14-4-3-7-22-14)9-12-8-13(21-2)5-6-16(12)19-11/h5-6,8-9,14H,3-4,7,10H2,1-2H3,(H,18,20). The van der Waals surface area contributed by atoms with E-state index in [-0.39, 0.29) is 12.0 Å². The quantitative estimate of drug-likeness (QED) is 0.942. The molecule has 116 valence electrons. The van der Waals surface area contributed by atoms with Crippen LogP contribution in [0.3, 0.4) is 0 Å². The first kappa shape index (κ1) is 14.8. The van der Waals surface area contributed by atoms with Crippen molar-refractivity contribution in [1.29, 1.82) is 0 Å². The number of pyridine rings is 1. The summed E-state index contributed by atoms with van der Waals surface area (Å²) in [7, 11) is 1.62. The number of aromatic nitrogens is 1. The van der Waals surface area contributed by atoms with E-state index in [1.165, 1.54) is 0 Å². The van der Waals surface area contributed by atoms with Crippen LogP contribution in [0.4, 0.5) is 0 Å². The molecule has 0 bridgehead atoms. The zero-order valence-electron chi connectivity index (χ0n) is 12.9. The molecule has 1 atom stereocenters. The Bertz CT molecular complexity index is 694. The van der Waals surface area contributed by atoms with Crippen LogP contribution in [0.15, 0.2) is 24.3 Å².